The summed E-state index contributed by atoms with van der Waals surface area (Å²) < 4.78 is 7.25. The van der Waals surface area contributed by atoms with Crippen molar-refractivity contribution in [2.75, 3.05) is 0 Å². The highest BCUT2D eigenvalue weighted by Crippen LogP contribution is 2.19. The van der Waals surface area contributed by atoms with Crippen LogP contribution in [0.15, 0.2) is 41.1 Å². The fourth-order valence-corrected chi connectivity index (χ4v) is 2.04. The Bertz CT molecular complexity index is 694. The first kappa shape index (κ1) is 11.6. The topological polar surface area (TPSA) is 60.9 Å². The standard InChI is InChI=1S/C14H13N3O2/c1-2-17-14(15-9-16-17)8-11(18)13-7-10-5-3-4-6-12(10)19-13/h3-7,9H,2,8H2,1H3. The average molecular weight is 255 g/mol. The minimum absolute atomic E-state index is 0.0844. The highest BCUT2D eigenvalue weighted by Gasteiger charge is 2.15. The zero-order chi connectivity index (χ0) is 13.2. The van der Waals surface area contributed by atoms with Crippen LogP contribution in [0, 0.1) is 0 Å². The molecule has 5 nitrogen and oxygen atoms in total. The Morgan fingerprint density at radius 1 is 1.37 bits per heavy atom. The van der Waals surface area contributed by atoms with Crippen molar-refractivity contribution < 1.29 is 9.21 Å². The van der Waals surface area contributed by atoms with Gasteiger partial charge in [0.05, 0.1) is 6.42 Å². The van der Waals surface area contributed by atoms with Crippen LogP contribution in [0.1, 0.15) is 23.3 Å². The maximum Gasteiger partial charge on any atom is 0.205 e. The Balaban J connectivity index is 1.87. The first-order valence-electron chi connectivity index (χ1n) is 6.16. The molecule has 0 aliphatic rings. The molecule has 96 valence electrons. The molecule has 0 saturated carbocycles. The molecule has 0 aliphatic carbocycles. The predicted octanol–water partition coefficient (Wildman–Crippen LogP) is 2.47. The van der Waals surface area contributed by atoms with Gasteiger partial charge in [-0.25, -0.2) is 9.67 Å². The van der Waals surface area contributed by atoms with E-state index in [-0.39, 0.29) is 12.2 Å². The number of ketones is 1. The van der Waals surface area contributed by atoms with Crippen molar-refractivity contribution in [3.63, 3.8) is 0 Å². The predicted molar refractivity (Wildman–Crippen MR) is 69.9 cm³/mol. The number of hydrogen-bond acceptors (Lipinski definition) is 4. The summed E-state index contributed by atoms with van der Waals surface area (Å²) in [4.78, 5) is 16.3. The van der Waals surface area contributed by atoms with E-state index in [4.69, 9.17) is 4.42 Å². The molecule has 0 spiro atoms. The third-order valence-electron chi connectivity index (χ3n) is 3.01. The average Bonchev–Trinajstić information content (AvgIpc) is 3.03. The summed E-state index contributed by atoms with van der Waals surface area (Å²) in [6.07, 6.45) is 1.67. The molecule has 0 fully saturated rings. The number of carbonyl (C=O) groups excluding carboxylic acids is 1. The summed E-state index contributed by atoms with van der Waals surface area (Å²) in [5.41, 5.74) is 0.725. The van der Waals surface area contributed by atoms with E-state index < -0.39 is 0 Å². The Hall–Kier alpha value is -2.43. The van der Waals surface area contributed by atoms with Gasteiger partial charge in [0.1, 0.15) is 17.7 Å². The second kappa shape index (κ2) is 4.68. The number of aromatic nitrogens is 3. The van der Waals surface area contributed by atoms with Crippen molar-refractivity contribution >= 4 is 16.8 Å². The lowest BCUT2D eigenvalue weighted by Gasteiger charge is -2.00. The minimum Gasteiger partial charge on any atom is -0.453 e. The van der Waals surface area contributed by atoms with Gasteiger partial charge in [0, 0.05) is 11.9 Å². The van der Waals surface area contributed by atoms with E-state index in [0.29, 0.717) is 18.1 Å². The molecule has 2 heterocycles. The Morgan fingerprint density at radius 2 is 2.21 bits per heavy atom. The number of furan rings is 1. The molecule has 0 N–H and O–H groups in total. The molecule has 0 atom stereocenters. The SMILES string of the molecule is CCn1ncnc1CC(=O)c1cc2ccccc2o1. The molecule has 0 bridgehead atoms. The lowest BCUT2D eigenvalue weighted by molar-refractivity contribution is 0.0965. The maximum atomic E-state index is 12.2. The van der Waals surface area contributed by atoms with Crippen LogP contribution >= 0.6 is 0 Å². The van der Waals surface area contributed by atoms with Crippen molar-refractivity contribution in [2.24, 2.45) is 0 Å². The van der Waals surface area contributed by atoms with E-state index in [0.717, 1.165) is 11.0 Å². The number of nitrogens with zero attached hydrogens (tertiary/aromatic N) is 3. The number of carbonyl (C=O) groups is 1. The quantitative estimate of drug-likeness (QED) is 0.672. The number of fused-ring (bicyclic) bond motifs is 1. The lowest BCUT2D eigenvalue weighted by atomic mass is 10.2. The normalized spacial score (nSPS) is 11.0. The van der Waals surface area contributed by atoms with E-state index in [1.165, 1.54) is 6.33 Å². The summed E-state index contributed by atoms with van der Waals surface area (Å²) >= 11 is 0. The van der Waals surface area contributed by atoms with Gasteiger partial charge >= 0.3 is 0 Å². The fourth-order valence-electron chi connectivity index (χ4n) is 2.04. The van der Waals surface area contributed by atoms with Gasteiger partial charge in [0.25, 0.3) is 0 Å². The summed E-state index contributed by atoms with van der Waals surface area (Å²) in [5, 5.41) is 4.98. The van der Waals surface area contributed by atoms with E-state index in [1.807, 2.05) is 31.2 Å². The Morgan fingerprint density at radius 3 is 3.00 bits per heavy atom. The molecule has 1 aromatic carbocycles. The van der Waals surface area contributed by atoms with Crippen LogP contribution in [-0.4, -0.2) is 20.5 Å². The molecule has 0 radical (unpaired) electrons. The van der Waals surface area contributed by atoms with Gasteiger partial charge in [0.15, 0.2) is 5.76 Å². The van der Waals surface area contributed by atoms with Gasteiger partial charge in [-0.2, -0.15) is 5.10 Å². The Kier molecular flexibility index (Phi) is 2.87. The van der Waals surface area contributed by atoms with Gasteiger partial charge in [-0.15, -0.1) is 0 Å². The van der Waals surface area contributed by atoms with Crippen LogP contribution in [0.4, 0.5) is 0 Å². The Labute approximate surface area is 109 Å². The van der Waals surface area contributed by atoms with Gasteiger partial charge in [-0.1, -0.05) is 18.2 Å². The first-order valence-corrected chi connectivity index (χ1v) is 6.16. The molecular weight excluding hydrogens is 242 g/mol. The van der Waals surface area contributed by atoms with E-state index in [9.17, 15) is 4.79 Å². The van der Waals surface area contributed by atoms with E-state index >= 15 is 0 Å². The van der Waals surface area contributed by atoms with Crippen molar-refractivity contribution in [1.29, 1.82) is 0 Å². The number of benzene rings is 1. The van der Waals surface area contributed by atoms with Crippen LogP contribution in [0.25, 0.3) is 11.0 Å². The number of para-hydroxylation sites is 1. The van der Waals surface area contributed by atoms with Gasteiger partial charge in [-0.05, 0) is 19.1 Å². The second-order valence-corrected chi connectivity index (χ2v) is 4.24. The number of Topliss-reactive ketones (excluding diaryl/α,β-unsaturated/α-hetero) is 1. The van der Waals surface area contributed by atoms with Gasteiger partial charge in [0.2, 0.25) is 5.78 Å². The van der Waals surface area contributed by atoms with Crippen molar-refractivity contribution in [2.45, 2.75) is 19.9 Å². The zero-order valence-corrected chi connectivity index (χ0v) is 10.5. The van der Waals surface area contributed by atoms with E-state index in [2.05, 4.69) is 10.1 Å². The van der Waals surface area contributed by atoms with Gasteiger partial charge in [-0.3, -0.25) is 4.79 Å². The molecular formula is C14H13N3O2. The van der Waals surface area contributed by atoms with Crippen LogP contribution in [0.2, 0.25) is 0 Å². The van der Waals surface area contributed by atoms with Crippen molar-refractivity contribution in [3.05, 3.63) is 48.2 Å². The molecule has 3 aromatic rings. The van der Waals surface area contributed by atoms with E-state index in [1.54, 1.807) is 10.7 Å². The monoisotopic (exact) mass is 255 g/mol. The van der Waals surface area contributed by atoms with Crippen LogP contribution in [0.5, 0.6) is 0 Å². The molecule has 0 unspecified atom stereocenters. The smallest absolute Gasteiger partial charge is 0.205 e. The molecule has 5 heteroatoms. The third kappa shape index (κ3) is 2.14. The van der Waals surface area contributed by atoms with Crippen LogP contribution in [0.3, 0.4) is 0 Å². The summed E-state index contributed by atoms with van der Waals surface area (Å²) in [6, 6.07) is 9.34. The van der Waals surface area contributed by atoms with Crippen molar-refractivity contribution in [3.8, 4) is 0 Å². The maximum absolute atomic E-state index is 12.2. The van der Waals surface area contributed by atoms with Crippen molar-refractivity contribution in [1.82, 2.24) is 14.8 Å². The highest BCUT2D eigenvalue weighted by atomic mass is 16.3. The fraction of sp³-hybridized carbons (Fsp3) is 0.214. The summed E-state index contributed by atoms with van der Waals surface area (Å²) in [6.45, 7) is 2.66. The summed E-state index contributed by atoms with van der Waals surface area (Å²) in [5.74, 6) is 0.943. The highest BCUT2D eigenvalue weighted by molar-refractivity contribution is 5.98. The summed E-state index contributed by atoms with van der Waals surface area (Å²) in [7, 11) is 0. The third-order valence-corrected chi connectivity index (χ3v) is 3.01. The van der Waals surface area contributed by atoms with Crippen LogP contribution in [-0.2, 0) is 13.0 Å². The van der Waals surface area contributed by atoms with Crippen LogP contribution < -0.4 is 0 Å². The molecule has 19 heavy (non-hydrogen) atoms. The number of rotatable bonds is 4. The molecule has 0 amide bonds. The molecule has 3 rings (SSSR count). The van der Waals surface area contributed by atoms with Gasteiger partial charge < -0.3 is 4.42 Å². The first-order chi connectivity index (χ1) is 9.28. The molecule has 0 saturated heterocycles. The molecule has 0 aliphatic heterocycles. The largest absolute Gasteiger partial charge is 0.453 e. The minimum atomic E-state index is -0.0844. The number of hydrogen-bond donors (Lipinski definition) is 0. The second-order valence-electron chi connectivity index (χ2n) is 4.24. The number of aryl methyl sites for hydroxylation is 1. The zero-order valence-electron chi connectivity index (χ0n) is 10.5. The molecule has 2 aromatic heterocycles. The lowest BCUT2D eigenvalue weighted by Crippen LogP contribution is -2.10.